The second-order valence-corrected chi connectivity index (χ2v) is 9.36. The average Bonchev–Trinajstić information content (AvgIpc) is 3.31. The highest BCUT2D eigenvalue weighted by Gasteiger charge is 2.42. The molecule has 2 heterocycles. The predicted octanol–water partition coefficient (Wildman–Crippen LogP) is 2.78. The number of likely N-dealkylation sites (N-methyl/N-ethyl adjacent to an activating group) is 1. The van der Waals surface area contributed by atoms with Gasteiger partial charge in [-0.15, -0.1) is 5.10 Å². The van der Waals surface area contributed by atoms with Crippen molar-refractivity contribution in [3.05, 3.63) is 30.5 Å². The van der Waals surface area contributed by atoms with Gasteiger partial charge in [-0.2, -0.15) is 0 Å². The van der Waals surface area contributed by atoms with Crippen LogP contribution < -0.4 is 10.2 Å². The molecule has 3 rings (SSSR count). The van der Waals surface area contributed by atoms with Crippen molar-refractivity contribution >= 4 is 11.9 Å². The highest BCUT2D eigenvalue weighted by atomic mass is 16.7. The largest absolute Gasteiger partial charge is 0.461 e. The molecule has 4 atom stereocenters. The van der Waals surface area contributed by atoms with Crippen LogP contribution >= 0.6 is 0 Å². The summed E-state index contributed by atoms with van der Waals surface area (Å²) in [5.41, 5.74) is 3.31. The molecule has 0 bridgehead atoms. The number of carbonyl (C=O) groups excluding carboxylic acids is 2. The predicted molar refractivity (Wildman–Crippen MR) is 131 cm³/mol. The van der Waals surface area contributed by atoms with Crippen molar-refractivity contribution in [2.75, 3.05) is 14.1 Å². The van der Waals surface area contributed by atoms with E-state index in [-0.39, 0.29) is 24.0 Å². The molecule has 11 heteroatoms. The van der Waals surface area contributed by atoms with Gasteiger partial charge < -0.3 is 19.1 Å². The molecule has 2 aromatic rings. The summed E-state index contributed by atoms with van der Waals surface area (Å²) in [7, 11) is 3.91. The molecule has 0 spiro atoms. The van der Waals surface area contributed by atoms with Crippen molar-refractivity contribution in [2.45, 2.75) is 83.5 Å². The highest BCUT2D eigenvalue weighted by molar-refractivity contribution is 5.74. The Bertz CT molecular complexity index is 980. The van der Waals surface area contributed by atoms with Crippen molar-refractivity contribution in [2.24, 2.45) is 0 Å². The van der Waals surface area contributed by atoms with E-state index >= 15 is 0 Å². The zero-order chi connectivity index (χ0) is 26.1. The summed E-state index contributed by atoms with van der Waals surface area (Å²) in [5.74, 6) is -0.115. The molecule has 0 radical (unpaired) electrons. The number of rotatable bonds is 12. The van der Waals surface area contributed by atoms with Gasteiger partial charge in [0.15, 0.2) is 6.10 Å². The Kier molecular flexibility index (Phi) is 10.2. The third kappa shape index (κ3) is 8.00. The minimum atomic E-state index is -0.713. The van der Waals surface area contributed by atoms with Crippen LogP contribution in [0.25, 0.3) is 11.3 Å². The number of nitrogens with zero attached hydrogens (tertiary/aromatic N) is 4. The molecule has 1 aromatic heterocycles. The van der Waals surface area contributed by atoms with Gasteiger partial charge in [0.1, 0.15) is 11.4 Å². The van der Waals surface area contributed by atoms with Crippen molar-refractivity contribution in [1.29, 1.82) is 0 Å². The number of hydroxylamine groups is 1. The van der Waals surface area contributed by atoms with Crippen LogP contribution in [0.3, 0.4) is 0 Å². The lowest BCUT2D eigenvalue weighted by atomic mass is 9.99. The third-order valence-electron chi connectivity index (χ3n) is 6.16. The number of aromatic nitrogens is 3. The SMILES string of the molecule is CC(=O)OC1C(Oc2ccc(-c3cn(CCCCCCC(=O)NO)nn3)cc2)OC(C)CC1N(C)C. The first-order valence-electron chi connectivity index (χ1n) is 12.4. The monoisotopic (exact) mass is 503 g/mol. The standard InChI is InChI=1S/C25H37N5O6/c1-17-15-22(29(3)4)24(35-18(2)31)25(34-17)36-20-12-10-19(11-13-20)21-16-30(28-26-21)14-8-6-5-7-9-23(32)27-33/h10-13,16-17,22,24-25,33H,5-9,14-15H2,1-4H3,(H,27,32). The van der Waals surface area contributed by atoms with E-state index in [4.69, 9.17) is 19.4 Å². The van der Waals surface area contributed by atoms with Gasteiger partial charge >= 0.3 is 5.97 Å². The molecule has 1 aromatic carbocycles. The molecule has 0 aliphatic carbocycles. The lowest BCUT2D eigenvalue weighted by molar-refractivity contribution is -0.229. The maximum atomic E-state index is 11.7. The summed E-state index contributed by atoms with van der Waals surface area (Å²) in [6.45, 7) is 4.12. The van der Waals surface area contributed by atoms with E-state index in [1.165, 1.54) is 6.92 Å². The number of unbranched alkanes of at least 4 members (excludes halogenated alkanes) is 3. The van der Waals surface area contributed by atoms with E-state index in [0.29, 0.717) is 12.2 Å². The number of carbonyl (C=O) groups is 2. The molecular weight excluding hydrogens is 466 g/mol. The summed E-state index contributed by atoms with van der Waals surface area (Å²) in [6, 6.07) is 7.49. The Morgan fingerprint density at radius 3 is 2.58 bits per heavy atom. The van der Waals surface area contributed by atoms with Crippen molar-refractivity contribution < 1.29 is 29.0 Å². The fourth-order valence-electron chi connectivity index (χ4n) is 4.29. The number of ether oxygens (including phenoxy) is 3. The van der Waals surface area contributed by atoms with Crippen LogP contribution in [0, 0.1) is 0 Å². The molecule has 1 aliphatic heterocycles. The molecule has 36 heavy (non-hydrogen) atoms. The molecule has 4 unspecified atom stereocenters. The number of hydrogen-bond acceptors (Lipinski definition) is 9. The van der Waals surface area contributed by atoms with Crippen LogP contribution in [0.2, 0.25) is 0 Å². The van der Waals surface area contributed by atoms with E-state index in [2.05, 4.69) is 10.3 Å². The Hall–Kier alpha value is -3.02. The van der Waals surface area contributed by atoms with Crippen molar-refractivity contribution in [3.63, 3.8) is 0 Å². The highest BCUT2D eigenvalue weighted by Crippen LogP contribution is 2.29. The second kappa shape index (κ2) is 13.3. The maximum absolute atomic E-state index is 11.7. The summed E-state index contributed by atoms with van der Waals surface area (Å²) >= 11 is 0. The van der Waals surface area contributed by atoms with Gasteiger partial charge in [0, 0.05) is 25.5 Å². The zero-order valence-corrected chi connectivity index (χ0v) is 21.4. The first-order chi connectivity index (χ1) is 17.3. The molecular formula is C25H37N5O6. The quantitative estimate of drug-likeness (QED) is 0.194. The maximum Gasteiger partial charge on any atom is 0.303 e. The van der Waals surface area contributed by atoms with Gasteiger partial charge in [0.25, 0.3) is 0 Å². The van der Waals surface area contributed by atoms with Gasteiger partial charge in [0.2, 0.25) is 12.2 Å². The number of esters is 1. The molecule has 1 amide bonds. The van der Waals surface area contributed by atoms with Crippen LogP contribution in [0.15, 0.2) is 30.5 Å². The molecule has 2 N–H and O–H groups in total. The Balaban J connectivity index is 1.55. The number of amides is 1. The summed E-state index contributed by atoms with van der Waals surface area (Å²) in [4.78, 5) is 24.8. The summed E-state index contributed by atoms with van der Waals surface area (Å²) in [6.07, 6.45) is 5.21. The van der Waals surface area contributed by atoms with Crippen molar-refractivity contribution in [1.82, 2.24) is 25.4 Å². The van der Waals surface area contributed by atoms with Crippen LogP contribution in [0.4, 0.5) is 0 Å². The Labute approximate surface area is 211 Å². The number of nitrogens with one attached hydrogen (secondary N) is 1. The van der Waals surface area contributed by atoms with Gasteiger partial charge in [-0.25, -0.2) is 5.48 Å². The Morgan fingerprint density at radius 2 is 1.92 bits per heavy atom. The fourth-order valence-corrected chi connectivity index (χ4v) is 4.29. The number of hydrogen-bond donors (Lipinski definition) is 2. The van der Waals surface area contributed by atoms with Crippen LogP contribution in [0.5, 0.6) is 5.75 Å². The molecule has 198 valence electrons. The summed E-state index contributed by atoms with van der Waals surface area (Å²) in [5, 5.41) is 17.0. The minimum Gasteiger partial charge on any atom is -0.461 e. The number of aryl methyl sites for hydroxylation is 1. The molecule has 1 saturated heterocycles. The van der Waals surface area contributed by atoms with E-state index in [9.17, 15) is 9.59 Å². The van der Waals surface area contributed by atoms with Crippen molar-refractivity contribution in [3.8, 4) is 17.0 Å². The van der Waals surface area contributed by atoms with Crippen LogP contribution in [-0.2, 0) is 25.6 Å². The van der Waals surface area contributed by atoms with Crippen LogP contribution in [0.1, 0.15) is 52.4 Å². The van der Waals surface area contributed by atoms with Gasteiger partial charge in [-0.05, 0) is 64.5 Å². The normalized spacial score (nSPS) is 21.8. The third-order valence-corrected chi connectivity index (χ3v) is 6.16. The molecule has 1 aliphatic rings. The molecule has 11 nitrogen and oxygen atoms in total. The zero-order valence-electron chi connectivity index (χ0n) is 21.4. The average molecular weight is 504 g/mol. The first kappa shape index (κ1) is 27.6. The minimum absolute atomic E-state index is 0.0167. The Morgan fingerprint density at radius 1 is 1.19 bits per heavy atom. The number of benzene rings is 1. The molecule has 1 fully saturated rings. The van der Waals surface area contributed by atoms with E-state index in [0.717, 1.165) is 49.9 Å². The molecule has 0 saturated carbocycles. The first-order valence-corrected chi connectivity index (χ1v) is 12.4. The lowest BCUT2D eigenvalue weighted by Gasteiger charge is -2.42. The second-order valence-electron chi connectivity index (χ2n) is 9.36. The van der Waals surface area contributed by atoms with Gasteiger partial charge in [0.05, 0.1) is 18.3 Å². The summed E-state index contributed by atoms with van der Waals surface area (Å²) < 4.78 is 19.5. The van der Waals surface area contributed by atoms with Crippen LogP contribution in [-0.4, -0.2) is 75.6 Å². The van der Waals surface area contributed by atoms with Gasteiger partial charge in [-0.1, -0.05) is 18.1 Å². The fraction of sp³-hybridized carbons (Fsp3) is 0.600. The van der Waals surface area contributed by atoms with E-state index < -0.39 is 12.4 Å². The smallest absolute Gasteiger partial charge is 0.303 e. The topological polar surface area (TPSA) is 128 Å². The van der Waals surface area contributed by atoms with E-state index in [1.807, 2.05) is 61.1 Å². The van der Waals surface area contributed by atoms with E-state index in [1.54, 1.807) is 5.48 Å². The lowest BCUT2D eigenvalue weighted by Crippen LogP contribution is -2.56. The van der Waals surface area contributed by atoms with Gasteiger partial charge in [-0.3, -0.25) is 19.5 Å².